The largest absolute Gasteiger partial charge is 0.506 e. The van der Waals surface area contributed by atoms with E-state index in [0.717, 1.165) is 0 Å². The summed E-state index contributed by atoms with van der Waals surface area (Å²) in [6.07, 6.45) is 6.71. The molecule has 19 heavy (non-hydrogen) atoms. The molecule has 0 heterocycles. The van der Waals surface area contributed by atoms with Crippen molar-refractivity contribution in [3.05, 3.63) is 44.9 Å². The Morgan fingerprint density at radius 2 is 2.26 bits per heavy atom. The Morgan fingerprint density at radius 3 is 2.74 bits per heavy atom. The number of methoxy groups -OCH3 is 1. The summed E-state index contributed by atoms with van der Waals surface area (Å²) in [6.45, 7) is 3.64. The van der Waals surface area contributed by atoms with E-state index >= 15 is 0 Å². The monoisotopic (exact) mass is 340 g/mol. The Bertz CT molecular complexity index is 612. The summed E-state index contributed by atoms with van der Waals surface area (Å²) in [4.78, 5) is 11.5. The average Bonchev–Trinajstić information content (AvgIpc) is 2.41. The zero-order valence-corrected chi connectivity index (χ0v) is 12.4. The molecule has 0 fully saturated rings. The summed E-state index contributed by atoms with van der Waals surface area (Å²) >= 11 is 9.23. The molecule has 0 radical (unpaired) electrons. The fourth-order valence-corrected chi connectivity index (χ4v) is 2.11. The minimum atomic E-state index is -0.791. The van der Waals surface area contributed by atoms with Crippen molar-refractivity contribution in [2.45, 2.75) is 0 Å². The van der Waals surface area contributed by atoms with Crippen LogP contribution in [0.2, 0.25) is 5.02 Å². The number of terminal acetylenes is 1. The highest BCUT2D eigenvalue weighted by atomic mass is 79.9. The smallest absolute Gasteiger partial charge is 0.350 e. The second kappa shape index (κ2) is 6.46. The maximum atomic E-state index is 11.5. The molecule has 98 valence electrons. The number of carbonyl (C=O) groups excluding carboxylic acids is 1. The molecule has 1 N–H and O–H groups in total. The first-order valence-corrected chi connectivity index (χ1v) is 6.24. The molecule has 0 aliphatic rings. The van der Waals surface area contributed by atoms with E-state index in [0.29, 0.717) is 20.6 Å². The van der Waals surface area contributed by atoms with E-state index in [1.54, 1.807) is 12.1 Å². The Kier molecular flexibility index (Phi) is 5.22. The first kappa shape index (κ1) is 15.4. The zero-order valence-electron chi connectivity index (χ0n) is 10.0. The first-order valence-electron chi connectivity index (χ1n) is 5.06. The molecule has 0 atom stereocenters. The number of carbonyl (C=O) groups is 1. The first-order chi connectivity index (χ1) is 8.97. The van der Waals surface area contributed by atoms with Crippen LogP contribution in [0.4, 0.5) is 0 Å². The van der Waals surface area contributed by atoms with Gasteiger partial charge in [-0.15, -0.1) is 6.42 Å². The topological polar surface area (TPSA) is 46.5 Å². The van der Waals surface area contributed by atoms with Crippen LogP contribution in [-0.4, -0.2) is 18.2 Å². The number of esters is 1. The van der Waals surface area contributed by atoms with Gasteiger partial charge in [0.05, 0.1) is 12.1 Å². The Balaban J connectivity index is 3.59. The van der Waals surface area contributed by atoms with Gasteiger partial charge in [-0.3, -0.25) is 0 Å². The second-order valence-corrected chi connectivity index (χ2v) is 4.59. The lowest BCUT2D eigenvalue weighted by Crippen LogP contribution is -2.06. The van der Waals surface area contributed by atoms with Crippen molar-refractivity contribution in [2.75, 3.05) is 7.11 Å². The van der Waals surface area contributed by atoms with Gasteiger partial charge in [-0.1, -0.05) is 30.2 Å². The molecule has 1 aromatic rings. The molecule has 0 unspecified atom stereocenters. The summed E-state index contributed by atoms with van der Waals surface area (Å²) in [5, 5.41) is 10.6. The second-order valence-electron chi connectivity index (χ2n) is 3.39. The van der Waals surface area contributed by atoms with Crippen LogP contribution < -0.4 is 0 Å². The van der Waals surface area contributed by atoms with E-state index < -0.39 is 5.97 Å². The van der Waals surface area contributed by atoms with E-state index in [9.17, 15) is 9.90 Å². The summed E-state index contributed by atoms with van der Waals surface area (Å²) in [7, 11) is 1.18. The van der Waals surface area contributed by atoms with Gasteiger partial charge >= 0.3 is 5.97 Å². The molecule has 0 aliphatic carbocycles. The average molecular weight is 342 g/mol. The predicted octanol–water partition coefficient (Wildman–Crippen LogP) is 3.82. The molecule has 0 saturated heterocycles. The highest BCUT2D eigenvalue weighted by Crippen LogP contribution is 2.33. The predicted molar refractivity (Wildman–Crippen MR) is 79.6 cm³/mol. The molecular formula is C14H10BrClO3. The number of aliphatic hydroxyl groups is 1. The number of halogens is 2. The van der Waals surface area contributed by atoms with Gasteiger partial charge in [-0.25, -0.2) is 4.79 Å². The summed E-state index contributed by atoms with van der Waals surface area (Å²) < 4.78 is 5.06. The van der Waals surface area contributed by atoms with Crippen LogP contribution in [0.15, 0.2) is 28.8 Å². The quantitative estimate of drug-likeness (QED) is 0.393. The maximum absolute atomic E-state index is 11.5. The number of ether oxygens (including phenoxy) is 1. The lowest BCUT2D eigenvalue weighted by atomic mass is 10.0. The summed E-state index contributed by atoms with van der Waals surface area (Å²) in [5.74, 6) is 0.959. The van der Waals surface area contributed by atoms with E-state index in [-0.39, 0.29) is 11.3 Å². The van der Waals surface area contributed by atoms with E-state index in [2.05, 4.69) is 33.2 Å². The van der Waals surface area contributed by atoms with Crippen LogP contribution >= 0.6 is 27.5 Å². The highest BCUT2D eigenvalue weighted by Gasteiger charge is 2.18. The van der Waals surface area contributed by atoms with Gasteiger partial charge in [0.25, 0.3) is 0 Å². The van der Waals surface area contributed by atoms with Crippen LogP contribution in [0, 0.1) is 12.3 Å². The number of benzene rings is 1. The van der Waals surface area contributed by atoms with Crippen molar-refractivity contribution in [1.29, 1.82) is 0 Å². The zero-order chi connectivity index (χ0) is 14.6. The molecule has 0 saturated carbocycles. The normalized spacial score (nSPS) is 11.3. The van der Waals surface area contributed by atoms with Crippen molar-refractivity contribution in [3.63, 3.8) is 0 Å². The van der Waals surface area contributed by atoms with Crippen LogP contribution in [0.1, 0.15) is 11.1 Å². The van der Waals surface area contributed by atoms with Crippen molar-refractivity contribution >= 4 is 45.3 Å². The Hall–Kier alpha value is -1.70. The van der Waals surface area contributed by atoms with Gasteiger partial charge in [-0.05, 0) is 28.1 Å². The molecule has 1 rings (SSSR count). The van der Waals surface area contributed by atoms with E-state index in [4.69, 9.17) is 18.0 Å². The molecule has 0 aliphatic heterocycles. The summed E-state index contributed by atoms with van der Waals surface area (Å²) in [6, 6.07) is 3.11. The maximum Gasteiger partial charge on any atom is 0.350 e. The number of hydrogen-bond donors (Lipinski definition) is 1. The Labute approximate surface area is 124 Å². The van der Waals surface area contributed by atoms with Gasteiger partial charge in [0.2, 0.25) is 0 Å². The van der Waals surface area contributed by atoms with Gasteiger partial charge in [0.15, 0.2) is 5.57 Å². The molecule has 0 spiro atoms. The highest BCUT2D eigenvalue weighted by molar-refractivity contribution is 9.10. The fourth-order valence-electron chi connectivity index (χ4n) is 1.43. The molecule has 3 nitrogen and oxygen atoms in total. The number of rotatable bonds is 3. The number of hydrogen-bond acceptors (Lipinski definition) is 3. The van der Waals surface area contributed by atoms with Crippen LogP contribution in [0.25, 0.3) is 11.8 Å². The lowest BCUT2D eigenvalue weighted by molar-refractivity contribution is -0.135. The van der Waals surface area contributed by atoms with Gasteiger partial charge in [0, 0.05) is 15.6 Å². The lowest BCUT2D eigenvalue weighted by Gasteiger charge is -2.10. The molecule has 0 amide bonds. The van der Waals surface area contributed by atoms with Gasteiger partial charge < -0.3 is 9.84 Å². The fraction of sp³-hybridized carbons (Fsp3) is 0.0714. The van der Waals surface area contributed by atoms with Crippen LogP contribution in [0.3, 0.4) is 0 Å². The van der Waals surface area contributed by atoms with Crippen LogP contribution in [-0.2, 0) is 9.53 Å². The third-order valence-corrected chi connectivity index (χ3v) is 3.76. The third kappa shape index (κ3) is 3.01. The van der Waals surface area contributed by atoms with E-state index in [1.165, 1.54) is 13.2 Å². The molecular weight excluding hydrogens is 332 g/mol. The van der Waals surface area contributed by atoms with E-state index in [1.807, 2.05) is 0 Å². The van der Waals surface area contributed by atoms with Crippen molar-refractivity contribution in [2.24, 2.45) is 0 Å². The summed E-state index contributed by atoms with van der Waals surface area (Å²) in [5.41, 5.74) is 0.603. The van der Waals surface area contributed by atoms with Gasteiger partial charge in [-0.2, -0.15) is 0 Å². The minimum absolute atomic E-state index is 0.264. The van der Waals surface area contributed by atoms with Crippen molar-refractivity contribution in [1.82, 2.24) is 0 Å². The minimum Gasteiger partial charge on any atom is -0.506 e. The molecule has 1 aromatic carbocycles. The van der Waals surface area contributed by atoms with Crippen LogP contribution in [0.5, 0.6) is 0 Å². The third-order valence-electron chi connectivity index (χ3n) is 2.36. The molecule has 0 bridgehead atoms. The number of aliphatic hydroxyl groups excluding tert-OH is 1. The van der Waals surface area contributed by atoms with Crippen molar-refractivity contribution < 1.29 is 14.6 Å². The molecule has 5 heteroatoms. The van der Waals surface area contributed by atoms with Crippen molar-refractivity contribution in [3.8, 4) is 12.3 Å². The standard InChI is InChI=1S/C14H10BrClO3/c1-4-8-10(6-7-11(16)12(8)15)13(17)9(5-2)14(18)19-3/h2,4,6-7,17H,1H2,3H3/b13-9-. The Morgan fingerprint density at radius 1 is 1.63 bits per heavy atom. The SMILES string of the molecule is C#C/C(C(=O)OC)=C(/O)c1ccc(Cl)c(Br)c1C=C. The molecule has 0 aromatic heterocycles. The van der Waals surface area contributed by atoms with Gasteiger partial charge in [0.1, 0.15) is 5.76 Å².